The van der Waals surface area contributed by atoms with E-state index < -0.39 is 0 Å². The summed E-state index contributed by atoms with van der Waals surface area (Å²) in [4.78, 5) is 1.91. The highest BCUT2D eigenvalue weighted by atomic mass is 32.2. The summed E-state index contributed by atoms with van der Waals surface area (Å²) >= 11 is 1.28. The number of benzene rings is 1. The van der Waals surface area contributed by atoms with E-state index in [0.717, 1.165) is 11.4 Å². The summed E-state index contributed by atoms with van der Waals surface area (Å²) in [5.74, 6) is 0.799. The molecule has 0 aliphatic carbocycles. The van der Waals surface area contributed by atoms with Gasteiger partial charge >= 0.3 is 0 Å². The van der Waals surface area contributed by atoms with Gasteiger partial charge in [0.2, 0.25) is 0 Å². The van der Waals surface area contributed by atoms with Gasteiger partial charge in [0.15, 0.2) is 5.84 Å². The highest BCUT2D eigenvalue weighted by Gasteiger charge is 2.04. The molecule has 5 heteroatoms. The van der Waals surface area contributed by atoms with Crippen molar-refractivity contribution in [3.8, 4) is 0 Å². The number of hydrogen-bond donors (Lipinski definition) is 0. The van der Waals surface area contributed by atoms with Gasteiger partial charge in [-0.25, -0.2) is 0 Å². The van der Waals surface area contributed by atoms with E-state index in [2.05, 4.69) is 14.8 Å². The molecule has 0 unspecified atom stereocenters. The zero-order valence-electron chi connectivity index (χ0n) is 9.08. The molecule has 0 fully saturated rings. The van der Waals surface area contributed by atoms with E-state index in [1.165, 1.54) is 11.9 Å². The Morgan fingerprint density at radius 3 is 2.40 bits per heavy atom. The number of rotatable bonds is 3. The molecule has 0 saturated heterocycles. The third kappa shape index (κ3) is 3.71. The number of amidine groups is 1. The first kappa shape index (κ1) is 11.7. The summed E-state index contributed by atoms with van der Waals surface area (Å²) in [6.07, 6.45) is 1.84. The molecular formula is C10H14N4S. The van der Waals surface area contributed by atoms with Crippen LogP contribution in [0.5, 0.6) is 0 Å². The van der Waals surface area contributed by atoms with Crippen molar-refractivity contribution in [2.45, 2.75) is 0 Å². The van der Waals surface area contributed by atoms with Gasteiger partial charge in [0.25, 0.3) is 0 Å². The molecule has 4 nitrogen and oxygen atoms in total. The number of nitrogens with zero attached hydrogens (tertiary/aromatic N) is 4. The topological polar surface area (TPSA) is 40.3 Å². The first-order chi connectivity index (χ1) is 7.25. The average molecular weight is 222 g/mol. The summed E-state index contributed by atoms with van der Waals surface area (Å²) in [5.41, 5.74) is 1.03. The molecule has 80 valence electrons. The molecule has 0 saturated carbocycles. The second-order valence-electron chi connectivity index (χ2n) is 3.04. The molecule has 0 aliphatic rings. The van der Waals surface area contributed by atoms with Crippen LogP contribution in [0.15, 0.2) is 45.2 Å². The maximum absolute atomic E-state index is 4.06. The van der Waals surface area contributed by atoms with Gasteiger partial charge < -0.3 is 4.90 Å². The highest BCUT2D eigenvalue weighted by molar-refractivity contribution is 7.97. The minimum absolute atomic E-state index is 0.799. The van der Waals surface area contributed by atoms with Crippen molar-refractivity contribution in [1.82, 2.24) is 4.90 Å². The summed E-state index contributed by atoms with van der Waals surface area (Å²) < 4.78 is 3.75. The molecule has 0 atom stereocenters. The molecule has 0 N–H and O–H groups in total. The van der Waals surface area contributed by atoms with Gasteiger partial charge in [-0.05, 0) is 17.2 Å². The molecule has 15 heavy (non-hydrogen) atoms. The Bertz CT molecular complexity index is 346. The second kappa shape index (κ2) is 6.19. The third-order valence-corrected chi connectivity index (χ3v) is 1.95. The molecule has 0 bridgehead atoms. The van der Waals surface area contributed by atoms with E-state index in [4.69, 9.17) is 0 Å². The quantitative estimate of drug-likeness (QED) is 0.259. The van der Waals surface area contributed by atoms with Crippen molar-refractivity contribution >= 4 is 17.8 Å². The molecule has 0 spiro atoms. The lowest BCUT2D eigenvalue weighted by Gasteiger charge is -2.13. The standard InChI is InChI=1S/C10H14N4S/c1-14(2)10(11-12-13-15-3)9-7-5-4-6-8-9/h4-8H,1-3H3/b11-10-,13-12+. The maximum Gasteiger partial charge on any atom is 0.159 e. The predicted octanol–water partition coefficient (Wildman–Crippen LogP) is 2.64. The highest BCUT2D eigenvalue weighted by Crippen LogP contribution is 2.04. The van der Waals surface area contributed by atoms with Gasteiger partial charge in [-0.15, -0.1) is 5.10 Å². The van der Waals surface area contributed by atoms with Gasteiger partial charge in [-0.2, -0.15) is 0 Å². The molecule has 0 radical (unpaired) electrons. The van der Waals surface area contributed by atoms with Gasteiger partial charge in [0, 0.05) is 25.9 Å². The van der Waals surface area contributed by atoms with Crippen LogP contribution in [0.1, 0.15) is 5.56 Å². The monoisotopic (exact) mass is 222 g/mol. The lowest BCUT2D eigenvalue weighted by Crippen LogP contribution is -2.22. The molecule has 1 aromatic rings. The minimum atomic E-state index is 0.799. The van der Waals surface area contributed by atoms with Crippen LogP contribution in [-0.2, 0) is 0 Å². The predicted molar refractivity (Wildman–Crippen MR) is 65.0 cm³/mol. The molecule has 0 heterocycles. The molecular weight excluding hydrogens is 208 g/mol. The number of hydrogen-bond acceptors (Lipinski definition) is 3. The Morgan fingerprint density at radius 1 is 1.20 bits per heavy atom. The Labute approximate surface area is 94.2 Å². The fourth-order valence-corrected chi connectivity index (χ4v) is 1.20. The fourth-order valence-electron chi connectivity index (χ4n) is 1.09. The molecule has 1 aromatic carbocycles. The molecule has 0 aliphatic heterocycles. The van der Waals surface area contributed by atoms with Crippen molar-refractivity contribution in [1.29, 1.82) is 0 Å². The van der Waals surface area contributed by atoms with E-state index in [-0.39, 0.29) is 0 Å². The first-order valence-corrected chi connectivity index (χ1v) is 5.67. The van der Waals surface area contributed by atoms with Crippen LogP contribution in [0.4, 0.5) is 0 Å². The van der Waals surface area contributed by atoms with E-state index in [1.54, 1.807) is 0 Å². The van der Waals surface area contributed by atoms with E-state index in [0.29, 0.717) is 0 Å². The van der Waals surface area contributed by atoms with Crippen molar-refractivity contribution in [2.24, 2.45) is 14.8 Å². The lowest BCUT2D eigenvalue weighted by molar-refractivity contribution is 0.619. The summed E-state index contributed by atoms with van der Waals surface area (Å²) in [5, 5.41) is 7.79. The smallest absolute Gasteiger partial charge is 0.159 e. The van der Waals surface area contributed by atoms with E-state index in [1.807, 2.05) is 55.6 Å². The third-order valence-electron chi connectivity index (χ3n) is 1.71. The van der Waals surface area contributed by atoms with Gasteiger partial charge in [-0.1, -0.05) is 34.9 Å². The largest absolute Gasteiger partial charge is 0.361 e. The maximum atomic E-state index is 4.06. The van der Waals surface area contributed by atoms with Crippen LogP contribution in [0.25, 0.3) is 0 Å². The molecule has 0 aromatic heterocycles. The summed E-state index contributed by atoms with van der Waals surface area (Å²) in [7, 11) is 3.86. The van der Waals surface area contributed by atoms with Crippen LogP contribution in [-0.4, -0.2) is 31.1 Å². The van der Waals surface area contributed by atoms with Crippen LogP contribution < -0.4 is 0 Å². The molecule has 0 amide bonds. The molecule has 1 rings (SSSR count). The van der Waals surface area contributed by atoms with E-state index >= 15 is 0 Å². The van der Waals surface area contributed by atoms with Gasteiger partial charge in [-0.3, -0.25) is 0 Å². The van der Waals surface area contributed by atoms with Crippen molar-refractivity contribution < 1.29 is 0 Å². The van der Waals surface area contributed by atoms with Crippen LogP contribution >= 0.6 is 11.9 Å². The zero-order valence-corrected chi connectivity index (χ0v) is 9.90. The van der Waals surface area contributed by atoms with Crippen molar-refractivity contribution in [2.75, 3.05) is 20.4 Å². The lowest BCUT2D eigenvalue weighted by atomic mass is 10.2. The van der Waals surface area contributed by atoms with Crippen LogP contribution in [0, 0.1) is 0 Å². The minimum Gasteiger partial charge on any atom is -0.361 e. The van der Waals surface area contributed by atoms with Crippen LogP contribution in [0.2, 0.25) is 0 Å². The van der Waals surface area contributed by atoms with Crippen LogP contribution in [0.3, 0.4) is 0 Å². The second-order valence-corrected chi connectivity index (χ2v) is 3.57. The summed E-state index contributed by atoms with van der Waals surface area (Å²) in [6.45, 7) is 0. The van der Waals surface area contributed by atoms with Gasteiger partial charge in [0.1, 0.15) is 0 Å². The zero-order chi connectivity index (χ0) is 11.1. The van der Waals surface area contributed by atoms with E-state index in [9.17, 15) is 0 Å². The Kier molecular flexibility index (Phi) is 4.83. The van der Waals surface area contributed by atoms with Crippen molar-refractivity contribution in [3.63, 3.8) is 0 Å². The van der Waals surface area contributed by atoms with Crippen molar-refractivity contribution in [3.05, 3.63) is 35.9 Å². The SMILES string of the molecule is CS/N=N/N=C(/c1ccccc1)N(C)C. The summed E-state index contributed by atoms with van der Waals surface area (Å²) in [6, 6.07) is 9.90. The Hall–Kier alpha value is -1.36. The normalized spacial score (nSPS) is 12.1. The fraction of sp³-hybridized carbons (Fsp3) is 0.300. The first-order valence-electron chi connectivity index (χ1n) is 4.49. The Morgan fingerprint density at radius 2 is 1.87 bits per heavy atom. The average Bonchev–Trinajstić information content (AvgIpc) is 2.25. The Balaban J connectivity index is 2.94. The van der Waals surface area contributed by atoms with Gasteiger partial charge in [0.05, 0.1) is 0 Å².